The van der Waals surface area contributed by atoms with Crippen molar-refractivity contribution in [2.75, 3.05) is 32.8 Å². The van der Waals surface area contributed by atoms with Gasteiger partial charge in [-0.25, -0.2) is 9.79 Å². The fraction of sp³-hybridized carbons (Fsp3) is 0.235. The SMILES string of the molecule is CCOC(=O)C1=C(C)N=c2sc(=C3C(=O)N(Cc4ccccc4Cl)c4ccccc43)c(=O)n2C1c1cc(OC)c(OC)c(OC)c1. The smallest absolute Gasteiger partial charge is 0.338 e. The van der Waals surface area contributed by atoms with Crippen LogP contribution in [0.2, 0.25) is 5.02 Å². The number of allylic oxidation sites excluding steroid dienone is 1. The number of hydrogen-bond acceptors (Lipinski definition) is 9. The van der Waals surface area contributed by atoms with Crippen molar-refractivity contribution in [3.8, 4) is 17.2 Å². The molecule has 1 unspecified atom stereocenters. The summed E-state index contributed by atoms with van der Waals surface area (Å²) < 4.78 is 23.8. The minimum absolute atomic E-state index is 0.124. The van der Waals surface area contributed by atoms with Crippen LogP contribution in [-0.2, 0) is 20.9 Å². The third kappa shape index (κ3) is 5.05. The van der Waals surface area contributed by atoms with Crippen LogP contribution < -0.4 is 34.0 Å². The molecule has 12 heteroatoms. The number of fused-ring (bicyclic) bond motifs is 2. The molecule has 0 saturated heterocycles. The molecular weight excluding hydrogens is 630 g/mol. The third-order valence-electron chi connectivity index (χ3n) is 7.93. The summed E-state index contributed by atoms with van der Waals surface area (Å²) in [6.07, 6.45) is 0. The molecule has 10 nitrogen and oxygen atoms in total. The van der Waals surface area contributed by atoms with E-state index in [1.54, 1.807) is 36.9 Å². The molecule has 3 aromatic carbocycles. The Morgan fingerprint density at radius 2 is 1.65 bits per heavy atom. The van der Waals surface area contributed by atoms with Crippen molar-refractivity contribution in [3.05, 3.63) is 113 Å². The van der Waals surface area contributed by atoms with Gasteiger partial charge >= 0.3 is 5.97 Å². The van der Waals surface area contributed by atoms with Gasteiger partial charge in [-0.15, -0.1) is 0 Å². The van der Waals surface area contributed by atoms with E-state index in [0.29, 0.717) is 49.6 Å². The number of amides is 1. The van der Waals surface area contributed by atoms with Crippen LogP contribution in [0.25, 0.3) is 5.57 Å². The normalized spacial score (nSPS) is 16.5. The summed E-state index contributed by atoms with van der Waals surface area (Å²) in [4.78, 5) is 48.8. The zero-order valence-electron chi connectivity index (χ0n) is 25.8. The van der Waals surface area contributed by atoms with Crippen LogP contribution in [0.15, 0.2) is 81.7 Å². The van der Waals surface area contributed by atoms with Gasteiger partial charge in [0, 0.05) is 10.6 Å². The van der Waals surface area contributed by atoms with Crippen molar-refractivity contribution < 1.29 is 28.5 Å². The van der Waals surface area contributed by atoms with Gasteiger partial charge in [-0.3, -0.25) is 14.2 Å². The lowest BCUT2D eigenvalue weighted by molar-refractivity contribution is -0.139. The Morgan fingerprint density at radius 1 is 0.978 bits per heavy atom. The number of rotatable bonds is 8. The van der Waals surface area contributed by atoms with E-state index in [2.05, 4.69) is 4.99 Å². The van der Waals surface area contributed by atoms with Gasteiger partial charge in [0.2, 0.25) is 5.75 Å². The zero-order valence-corrected chi connectivity index (χ0v) is 27.3. The van der Waals surface area contributed by atoms with Gasteiger partial charge in [-0.05, 0) is 49.2 Å². The molecule has 0 saturated carbocycles. The Kier molecular flexibility index (Phi) is 8.45. The third-order valence-corrected chi connectivity index (χ3v) is 9.35. The number of ether oxygens (including phenoxy) is 4. The maximum absolute atomic E-state index is 14.6. The monoisotopic (exact) mass is 659 g/mol. The summed E-state index contributed by atoms with van der Waals surface area (Å²) in [5, 5.41) is 0.535. The number of benzene rings is 3. The fourth-order valence-corrected chi connectivity index (χ4v) is 7.20. The molecule has 46 heavy (non-hydrogen) atoms. The van der Waals surface area contributed by atoms with Crippen LogP contribution >= 0.6 is 22.9 Å². The second kappa shape index (κ2) is 12.5. The second-order valence-electron chi connectivity index (χ2n) is 10.5. The number of nitrogens with zero attached hydrogens (tertiary/aromatic N) is 3. The van der Waals surface area contributed by atoms with E-state index in [0.717, 1.165) is 16.9 Å². The maximum Gasteiger partial charge on any atom is 0.338 e. The summed E-state index contributed by atoms with van der Waals surface area (Å²) >= 11 is 7.55. The number of esters is 1. The van der Waals surface area contributed by atoms with E-state index < -0.39 is 17.6 Å². The summed E-state index contributed by atoms with van der Waals surface area (Å²) in [6.45, 7) is 3.74. The van der Waals surface area contributed by atoms with E-state index in [9.17, 15) is 14.4 Å². The van der Waals surface area contributed by atoms with E-state index in [1.165, 1.54) is 25.9 Å². The molecular formula is C34H30ClN3O7S. The number of methoxy groups -OCH3 is 3. The van der Waals surface area contributed by atoms with Gasteiger partial charge in [0.1, 0.15) is 4.53 Å². The van der Waals surface area contributed by atoms with Gasteiger partial charge in [0.05, 0.1) is 63.1 Å². The van der Waals surface area contributed by atoms with Crippen molar-refractivity contribution in [2.24, 2.45) is 4.99 Å². The molecule has 1 amide bonds. The van der Waals surface area contributed by atoms with Crippen molar-refractivity contribution in [3.63, 3.8) is 0 Å². The first kappa shape index (κ1) is 31.1. The molecule has 3 heterocycles. The molecule has 2 aliphatic rings. The molecule has 6 rings (SSSR count). The largest absolute Gasteiger partial charge is 0.493 e. The molecule has 0 spiro atoms. The van der Waals surface area contributed by atoms with Crippen LogP contribution in [0.3, 0.4) is 0 Å². The Morgan fingerprint density at radius 3 is 2.30 bits per heavy atom. The van der Waals surface area contributed by atoms with E-state index in [1.807, 2.05) is 42.5 Å². The number of para-hydroxylation sites is 1. The minimum atomic E-state index is -0.968. The second-order valence-corrected chi connectivity index (χ2v) is 11.8. The fourth-order valence-electron chi connectivity index (χ4n) is 5.87. The number of aromatic nitrogens is 1. The number of carbonyl (C=O) groups is 2. The molecule has 0 aliphatic carbocycles. The molecule has 1 atom stereocenters. The zero-order chi connectivity index (χ0) is 32.7. The van der Waals surface area contributed by atoms with Gasteiger partial charge < -0.3 is 23.8 Å². The highest BCUT2D eigenvalue weighted by Crippen LogP contribution is 2.43. The topological polar surface area (TPSA) is 109 Å². The molecule has 0 bridgehead atoms. The van der Waals surface area contributed by atoms with Gasteiger partial charge in [-0.1, -0.05) is 59.3 Å². The van der Waals surface area contributed by atoms with Crippen molar-refractivity contribution in [2.45, 2.75) is 26.4 Å². The lowest BCUT2D eigenvalue weighted by Crippen LogP contribution is -2.41. The van der Waals surface area contributed by atoms with Crippen molar-refractivity contribution in [1.29, 1.82) is 0 Å². The first-order valence-electron chi connectivity index (χ1n) is 14.4. The molecule has 0 fully saturated rings. The highest BCUT2D eigenvalue weighted by atomic mass is 35.5. The first-order chi connectivity index (χ1) is 22.2. The molecule has 0 radical (unpaired) electrons. The predicted molar refractivity (Wildman–Crippen MR) is 175 cm³/mol. The van der Waals surface area contributed by atoms with E-state index in [-0.39, 0.29) is 34.7 Å². The van der Waals surface area contributed by atoms with Crippen LogP contribution in [0, 0.1) is 0 Å². The minimum Gasteiger partial charge on any atom is -0.493 e. The number of hydrogen-bond donors (Lipinski definition) is 0. The highest BCUT2D eigenvalue weighted by molar-refractivity contribution is 7.07. The Labute approximate surface area is 273 Å². The van der Waals surface area contributed by atoms with Crippen LogP contribution in [-0.4, -0.2) is 44.4 Å². The molecule has 0 N–H and O–H groups in total. The summed E-state index contributed by atoms with van der Waals surface area (Å²) in [5.41, 5.74) is 2.90. The standard InChI is InChI=1S/C34H30ClN3O7S/c1-6-45-33(41)26-18(2)36-34-38(28(26)20-15-24(42-3)29(44-5)25(16-20)43-4)32(40)30(46-34)27-21-12-8-10-14-23(21)37(31(27)39)17-19-11-7-9-13-22(19)35/h7-16,28H,6,17H2,1-5H3. The van der Waals surface area contributed by atoms with Crippen LogP contribution in [0.5, 0.6) is 17.2 Å². The average molecular weight is 660 g/mol. The highest BCUT2D eigenvalue weighted by Gasteiger charge is 2.38. The van der Waals surface area contributed by atoms with Gasteiger partial charge in [0.15, 0.2) is 16.3 Å². The van der Waals surface area contributed by atoms with Crippen molar-refractivity contribution in [1.82, 2.24) is 4.57 Å². The average Bonchev–Trinajstić information content (AvgIpc) is 3.52. The van der Waals surface area contributed by atoms with E-state index in [4.69, 9.17) is 30.5 Å². The quantitative estimate of drug-likeness (QED) is 0.258. The Balaban J connectivity index is 1.61. The summed E-state index contributed by atoms with van der Waals surface area (Å²) in [5.74, 6) is 0.0868. The van der Waals surface area contributed by atoms with Gasteiger partial charge in [-0.2, -0.15) is 0 Å². The Hall–Kier alpha value is -4.87. The van der Waals surface area contributed by atoms with Crippen LogP contribution in [0.4, 0.5) is 5.69 Å². The molecule has 236 valence electrons. The molecule has 1 aromatic heterocycles. The van der Waals surface area contributed by atoms with E-state index >= 15 is 0 Å². The summed E-state index contributed by atoms with van der Waals surface area (Å²) in [6, 6.07) is 17.1. The lowest BCUT2D eigenvalue weighted by atomic mass is 9.95. The van der Waals surface area contributed by atoms with Crippen LogP contribution in [0.1, 0.15) is 36.6 Å². The number of anilines is 1. The maximum atomic E-state index is 14.6. The number of carbonyl (C=O) groups excluding carboxylic acids is 2. The number of thiazole rings is 1. The predicted octanol–water partition coefficient (Wildman–Crippen LogP) is 4.39. The van der Waals surface area contributed by atoms with Gasteiger partial charge in [0.25, 0.3) is 11.5 Å². The van der Waals surface area contributed by atoms with Crippen molar-refractivity contribution >= 4 is 46.1 Å². The molecule has 2 aliphatic heterocycles. The summed E-state index contributed by atoms with van der Waals surface area (Å²) in [7, 11) is 4.46. The Bertz CT molecular complexity index is 2090. The first-order valence-corrected chi connectivity index (χ1v) is 15.6. The number of halogens is 1. The molecule has 4 aromatic rings. The lowest BCUT2D eigenvalue weighted by Gasteiger charge is -2.26.